The summed E-state index contributed by atoms with van der Waals surface area (Å²) in [5.41, 5.74) is 1.26. The van der Waals surface area contributed by atoms with Crippen molar-refractivity contribution >= 4 is 11.9 Å². The lowest BCUT2D eigenvalue weighted by Crippen LogP contribution is -2.76. The Balaban J connectivity index is 1.22. The summed E-state index contributed by atoms with van der Waals surface area (Å²) in [6.45, 7) is 1.37. The van der Waals surface area contributed by atoms with E-state index in [0.29, 0.717) is 30.6 Å². The molecule has 0 saturated carbocycles. The number of halogens is 3. The molecule has 3 aromatic rings. The Hall–Kier alpha value is -3.88. The van der Waals surface area contributed by atoms with E-state index in [1.54, 1.807) is 10.9 Å². The monoisotopic (exact) mass is 535 g/mol. The van der Waals surface area contributed by atoms with E-state index in [2.05, 4.69) is 26.7 Å². The zero-order chi connectivity index (χ0) is 27.2. The highest BCUT2D eigenvalue weighted by atomic mass is 19.1. The Morgan fingerprint density at radius 3 is 2.79 bits per heavy atom. The predicted octanol–water partition coefficient (Wildman–Crippen LogP) is 3.08. The molecule has 3 atom stereocenters. The fraction of sp³-hybridized carbons (Fsp3) is 0.393. The maximum absolute atomic E-state index is 14.7. The number of hydrogen-bond acceptors (Lipinski definition) is 7. The van der Waals surface area contributed by atoms with Crippen molar-refractivity contribution in [3.05, 3.63) is 76.8 Å². The Morgan fingerprint density at radius 1 is 1.23 bits per heavy atom. The topological polar surface area (TPSA) is 91.0 Å². The largest absolute Gasteiger partial charge is 0.494 e. The van der Waals surface area contributed by atoms with E-state index in [1.165, 1.54) is 19.4 Å². The molecule has 11 heteroatoms. The van der Waals surface area contributed by atoms with E-state index >= 15 is 0 Å². The summed E-state index contributed by atoms with van der Waals surface area (Å²) in [6, 6.07) is 8.60. The van der Waals surface area contributed by atoms with Gasteiger partial charge in [0, 0.05) is 43.5 Å². The van der Waals surface area contributed by atoms with Crippen LogP contribution in [0.25, 0.3) is 6.08 Å². The van der Waals surface area contributed by atoms with E-state index in [4.69, 9.17) is 9.72 Å². The molecule has 0 spiro atoms. The van der Waals surface area contributed by atoms with Crippen LogP contribution in [0.15, 0.2) is 42.7 Å². The molecule has 3 unspecified atom stereocenters. The molecule has 7 rings (SSSR count). The molecular weight excluding hydrogens is 507 g/mol. The number of nitrogens with zero attached hydrogens (tertiary/aromatic N) is 5. The molecule has 2 aromatic heterocycles. The number of pyridine rings is 1. The molecule has 202 valence electrons. The molecule has 2 bridgehead atoms. The molecule has 0 aliphatic carbocycles. The molecule has 4 aliphatic heterocycles. The minimum atomic E-state index is -0.730. The fourth-order valence-electron chi connectivity index (χ4n) is 6.18. The van der Waals surface area contributed by atoms with Crippen molar-refractivity contribution in [2.45, 2.75) is 36.5 Å². The summed E-state index contributed by atoms with van der Waals surface area (Å²) >= 11 is 0. The summed E-state index contributed by atoms with van der Waals surface area (Å²) in [5.74, 6) is -0.392. The number of methoxy groups -OCH3 is 1. The fourth-order valence-corrected chi connectivity index (χ4v) is 6.18. The van der Waals surface area contributed by atoms with Crippen LogP contribution in [0.2, 0.25) is 0 Å². The van der Waals surface area contributed by atoms with Crippen molar-refractivity contribution < 1.29 is 17.9 Å². The second-order valence-electron chi connectivity index (χ2n) is 10.5. The van der Waals surface area contributed by atoms with Crippen molar-refractivity contribution in [1.29, 1.82) is 5.26 Å². The Labute approximate surface area is 224 Å². The van der Waals surface area contributed by atoms with Gasteiger partial charge in [-0.2, -0.15) is 10.4 Å². The Morgan fingerprint density at radius 2 is 2.08 bits per heavy atom. The van der Waals surface area contributed by atoms with E-state index in [9.17, 15) is 18.4 Å². The van der Waals surface area contributed by atoms with Gasteiger partial charge in [-0.15, -0.1) is 0 Å². The minimum absolute atomic E-state index is 0.108. The number of ether oxygens (including phenoxy) is 1. The SMILES string of the molecule is COc1cc(F)c(CC23CC(CN(c4ccc(C5(NCCF)C=Cc6c(C#N)cnn6C5)cn4)C2)N3)cc1F. The van der Waals surface area contributed by atoms with Crippen molar-refractivity contribution in [3.8, 4) is 11.8 Å². The quantitative estimate of drug-likeness (QED) is 0.458. The highest BCUT2D eigenvalue weighted by Crippen LogP contribution is 2.38. The van der Waals surface area contributed by atoms with Crippen molar-refractivity contribution in [2.75, 3.05) is 38.3 Å². The summed E-state index contributed by atoms with van der Waals surface area (Å²) in [7, 11) is 1.31. The van der Waals surface area contributed by atoms with Crippen LogP contribution in [0.5, 0.6) is 5.75 Å². The standard InChI is InChI=1S/C28H28F3N7O/c1-39-25-9-22(30)18(8-23(25)31)10-27-11-21(36-27)15-37(16-27)26-3-2-20(14-33-26)28(34-7-6-29)5-4-24-19(12-32)13-35-38(24)17-28/h2-5,8-9,13-14,21,34,36H,6-7,10-11,15-17H2,1H3. The number of nitriles is 1. The van der Waals surface area contributed by atoms with Gasteiger partial charge in [-0.25, -0.2) is 18.2 Å². The number of alkyl halides is 1. The molecule has 3 saturated heterocycles. The molecule has 6 heterocycles. The molecule has 3 fully saturated rings. The third kappa shape index (κ3) is 4.43. The third-order valence-electron chi connectivity index (χ3n) is 7.98. The number of hydrogen-bond donors (Lipinski definition) is 2. The number of benzene rings is 1. The number of aromatic nitrogens is 3. The molecule has 1 aromatic carbocycles. The number of rotatable bonds is 8. The van der Waals surface area contributed by atoms with E-state index < -0.39 is 23.8 Å². The zero-order valence-electron chi connectivity index (χ0n) is 21.4. The van der Waals surface area contributed by atoms with Gasteiger partial charge in [0.1, 0.15) is 24.4 Å². The molecular formula is C28H28F3N7O. The molecule has 8 nitrogen and oxygen atoms in total. The normalized spacial score (nSPS) is 25.1. The van der Waals surface area contributed by atoms with Gasteiger partial charge in [-0.1, -0.05) is 12.1 Å². The van der Waals surface area contributed by atoms with Crippen LogP contribution in [0.4, 0.5) is 19.0 Å². The van der Waals surface area contributed by atoms with Crippen molar-refractivity contribution in [1.82, 2.24) is 25.4 Å². The number of piperazine rings is 1. The third-order valence-corrected chi connectivity index (χ3v) is 7.98. The maximum Gasteiger partial charge on any atom is 0.165 e. The van der Waals surface area contributed by atoms with Gasteiger partial charge < -0.3 is 15.0 Å². The number of nitrogens with one attached hydrogen (secondary N) is 2. The number of anilines is 1. The minimum Gasteiger partial charge on any atom is -0.494 e. The summed E-state index contributed by atoms with van der Waals surface area (Å²) in [5, 5.41) is 20.5. The van der Waals surface area contributed by atoms with Crippen LogP contribution >= 0.6 is 0 Å². The summed E-state index contributed by atoms with van der Waals surface area (Å²) in [6.07, 6.45) is 8.31. The van der Waals surface area contributed by atoms with Crippen molar-refractivity contribution in [3.63, 3.8) is 0 Å². The first-order chi connectivity index (χ1) is 18.9. The lowest BCUT2D eigenvalue weighted by atomic mass is 9.73. The van der Waals surface area contributed by atoms with Crippen LogP contribution in [0, 0.1) is 23.0 Å². The van der Waals surface area contributed by atoms with E-state index in [1.807, 2.05) is 24.3 Å². The van der Waals surface area contributed by atoms with Gasteiger partial charge in [0.2, 0.25) is 0 Å². The highest BCUT2D eigenvalue weighted by Gasteiger charge is 2.50. The second kappa shape index (κ2) is 9.70. The summed E-state index contributed by atoms with van der Waals surface area (Å²) in [4.78, 5) is 6.92. The predicted molar refractivity (Wildman–Crippen MR) is 139 cm³/mol. The van der Waals surface area contributed by atoms with Gasteiger partial charge >= 0.3 is 0 Å². The lowest BCUT2D eigenvalue weighted by molar-refractivity contribution is 0.106. The van der Waals surface area contributed by atoms with Gasteiger partial charge in [-0.3, -0.25) is 10.00 Å². The van der Waals surface area contributed by atoms with Crippen LogP contribution in [-0.4, -0.2) is 59.8 Å². The molecule has 0 radical (unpaired) electrons. The Kier molecular flexibility index (Phi) is 6.32. The lowest BCUT2D eigenvalue weighted by Gasteiger charge is -2.58. The van der Waals surface area contributed by atoms with Crippen LogP contribution in [-0.2, 0) is 18.5 Å². The van der Waals surface area contributed by atoms with Gasteiger partial charge in [0.05, 0.1) is 36.6 Å². The molecule has 39 heavy (non-hydrogen) atoms. The smallest absolute Gasteiger partial charge is 0.165 e. The number of fused-ring (bicyclic) bond motifs is 3. The Bertz CT molecular complexity index is 1460. The van der Waals surface area contributed by atoms with Crippen LogP contribution < -0.4 is 20.3 Å². The van der Waals surface area contributed by atoms with E-state index in [0.717, 1.165) is 36.1 Å². The molecule has 4 aliphatic rings. The maximum atomic E-state index is 14.7. The average Bonchev–Trinajstić information content (AvgIpc) is 3.35. The van der Waals surface area contributed by atoms with Crippen LogP contribution in [0.3, 0.4) is 0 Å². The van der Waals surface area contributed by atoms with Gasteiger partial charge in [0.25, 0.3) is 0 Å². The first-order valence-corrected chi connectivity index (χ1v) is 12.8. The molecule has 0 amide bonds. The first kappa shape index (κ1) is 25.4. The second-order valence-corrected chi connectivity index (χ2v) is 10.5. The van der Waals surface area contributed by atoms with Gasteiger partial charge in [0.15, 0.2) is 11.6 Å². The van der Waals surface area contributed by atoms with E-state index in [-0.39, 0.29) is 23.9 Å². The number of piperidine rings is 1. The van der Waals surface area contributed by atoms with Crippen molar-refractivity contribution in [2.24, 2.45) is 0 Å². The average molecular weight is 536 g/mol. The highest BCUT2D eigenvalue weighted by molar-refractivity contribution is 5.58. The molecule has 2 N–H and O–H groups in total. The van der Waals surface area contributed by atoms with Gasteiger partial charge in [-0.05, 0) is 42.2 Å². The zero-order valence-corrected chi connectivity index (χ0v) is 21.4. The van der Waals surface area contributed by atoms with Crippen LogP contribution in [0.1, 0.15) is 28.8 Å². The summed E-state index contributed by atoms with van der Waals surface area (Å²) < 4.78 is 48.8. The first-order valence-electron chi connectivity index (χ1n) is 12.8.